The summed E-state index contributed by atoms with van der Waals surface area (Å²) in [7, 11) is 1.39. The number of nitrogens with one attached hydrogen (secondary N) is 1. The van der Waals surface area contributed by atoms with Gasteiger partial charge in [-0.3, -0.25) is 4.79 Å². The van der Waals surface area contributed by atoms with Crippen LogP contribution in [-0.2, 0) is 0 Å². The molecule has 0 unspecified atom stereocenters. The van der Waals surface area contributed by atoms with E-state index in [4.69, 9.17) is 10.00 Å². The van der Waals surface area contributed by atoms with E-state index in [0.717, 1.165) is 0 Å². The van der Waals surface area contributed by atoms with Crippen LogP contribution in [0.25, 0.3) is 0 Å². The number of nitrogens with zero attached hydrogens (tertiary/aromatic N) is 1. The Bertz CT molecular complexity index is 693. The monoisotopic (exact) mass is 270 g/mol. The van der Waals surface area contributed by atoms with Crippen molar-refractivity contribution in [2.75, 3.05) is 12.4 Å². The van der Waals surface area contributed by atoms with Crippen LogP contribution in [0.15, 0.2) is 42.5 Å². The van der Waals surface area contributed by atoms with Gasteiger partial charge in [-0.05, 0) is 30.3 Å². The van der Waals surface area contributed by atoms with E-state index in [9.17, 15) is 9.18 Å². The Morgan fingerprint density at radius 1 is 1.30 bits per heavy atom. The molecule has 2 aromatic carbocycles. The van der Waals surface area contributed by atoms with Gasteiger partial charge in [0, 0.05) is 11.6 Å². The summed E-state index contributed by atoms with van der Waals surface area (Å²) in [5, 5.41) is 11.4. The minimum atomic E-state index is -0.452. The molecule has 2 rings (SSSR count). The Morgan fingerprint density at radius 3 is 2.80 bits per heavy atom. The molecular formula is C15H11FN2O2. The van der Waals surface area contributed by atoms with Crippen molar-refractivity contribution in [3.05, 3.63) is 59.4 Å². The van der Waals surface area contributed by atoms with Crippen molar-refractivity contribution in [1.82, 2.24) is 0 Å². The van der Waals surface area contributed by atoms with E-state index >= 15 is 0 Å². The quantitative estimate of drug-likeness (QED) is 0.932. The Hall–Kier alpha value is -2.87. The molecule has 1 N–H and O–H groups in total. The zero-order valence-electron chi connectivity index (χ0n) is 10.7. The van der Waals surface area contributed by atoms with Gasteiger partial charge >= 0.3 is 0 Å². The Labute approximate surface area is 115 Å². The van der Waals surface area contributed by atoms with Crippen LogP contribution in [0.4, 0.5) is 10.1 Å². The first kappa shape index (κ1) is 13.6. The number of halogens is 1. The first-order chi connectivity index (χ1) is 9.63. The second kappa shape index (κ2) is 5.85. The van der Waals surface area contributed by atoms with Crippen LogP contribution in [0.1, 0.15) is 15.9 Å². The van der Waals surface area contributed by atoms with Crippen molar-refractivity contribution < 1.29 is 13.9 Å². The topological polar surface area (TPSA) is 62.1 Å². The highest BCUT2D eigenvalue weighted by molar-refractivity contribution is 6.05. The molecule has 100 valence electrons. The van der Waals surface area contributed by atoms with Crippen LogP contribution in [0.3, 0.4) is 0 Å². The normalized spacial score (nSPS) is 9.65. The molecule has 0 aliphatic heterocycles. The molecule has 0 saturated carbocycles. The van der Waals surface area contributed by atoms with Crippen molar-refractivity contribution in [3.63, 3.8) is 0 Å². The van der Waals surface area contributed by atoms with Crippen molar-refractivity contribution >= 4 is 11.6 Å². The van der Waals surface area contributed by atoms with Crippen LogP contribution in [-0.4, -0.2) is 13.0 Å². The Kier molecular flexibility index (Phi) is 3.96. The number of hydrogen-bond donors (Lipinski definition) is 1. The first-order valence-electron chi connectivity index (χ1n) is 5.79. The fourth-order valence-electron chi connectivity index (χ4n) is 1.69. The zero-order valence-corrected chi connectivity index (χ0v) is 10.7. The maximum Gasteiger partial charge on any atom is 0.255 e. The van der Waals surface area contributed by atoms with E-state index < -0.39 is 11.7 Å². The van der Waals surface area contributed by atoms with Gasteiger partial charge in [-0.25, -0.2) is 4.39 Å². The Balaban J connectivity index is 2.25. The van der Waals surface area contributed by atoms with Crippen LogP contribution < -0.4 is 10.1 Å². The number of rotatable bonds is 3. The Morgan fingerprint density at radius 2 is 2.10 bits per heavy atom. The maximum atomic E-state index is 13.1. The van der Waals surface area contributed by atoms with Crippen molar-refractivity contribution in [2.24, 2.45) is 0 Å². The lowest BCUT2D eigenvalue weighted by Crippen LogP contribution is -2.12. The fraction of sp³-hybridized carbons (Fsp3) is 0.0667. The molecular weight excluding hydrogens is 259 g/mol. The van der Waals surface area contributed by atoms with Crippen LogP contribution in [0.5, 0.6) is 5.75 Å². The minimum absolute atomic E-state index is 0.231. The summed E-state index contributed by atoms with van der Waals surface area (Å²) in [4.78, 5) is 12.1. The summed E-state index contributed by atoms with van der Waals surface area (Å²) < 4.78 is 18.1. The molecule has 5 heteroatoms. The van der Waals surface area contributed by atoms with Crippen molar-refractivity contribution in [1.29, 1.82) is 5.26 Å². The third-order valence-corrected chi connectivity index (χ3v) is 2.67. The highest BCUT2D eigenvalue weighted by Gasteiger charge is 2.11. The SMILES string of the molecule is COc1cc(F)ccc1NC(=O)c1cccc(C#N)c1. The number of methoxy groups -OCH3 is 1. The lowest BCUT2D eigenvalue weighted by Gasteiger charge is -2.10. The van der Waals surface area contributed by atoms with Gasteiger partial charge in [-0.1, -0.05) is 6.07 Å². The van der Waals surface area contributed by atoms with E-state index in [2.05, 4.69) is 5.32 Å². The van der Waals surface area contributed by atoms with Gasteiger partial charge in [0.1, 0.15) is 11.6 Å². The first-order valence-corrected chi connectivity index (χ1v) is 5.79. The summed E-state index contributed by atoms with van der Waals surface area (Å²) in [5.41, 5.74) is 1.10. The van der Waals surface area contributed by atoms with Gasteiger partial charge in [0.25, 0.3) is 5.91 Å². The fourth-order valence-corrected chi connectivity index (χ4v) is 1.69. The maximum absolute atomic E-state index is 13.1. The molecule has 0 bridgehead atoms. The molecule has 20 heavy (non-hydrogen) atoms. The summed E-state index contributed by atoms with van der Waals surface area (Å²) >= 11 is 0. The molecule has 0 aliphatic rings. The van der Waals surface area contributed by atoms with Crippen LogP contribution in [0.2, 0.25) is 0 Å². The molecule has 0 saturated heterocycles. The number of anilines is 1. The van der Waals surface area contributed by atoms with Crippen molar-refractivity contribution in [3.8, 4) is 11.8 Å². The number of hydrogen-bond acceptors (Lipinski definition) is 3. The number of benzene rings is 2. The minimum Gasteiger partial charge on any atom is -0.494 e. The highest BCUT2D eigenvalue weighted by Crippen LogP contribution is 2.25. The zero-order chi connectivity index (χ0) is 14.5. The third kappa shape index (κ3) is 2.93. The molecule has 0 spiro atoms. The number of amides is 1. The summed E-state index contributed by atoms with van der Waals surface area (Å²) in [5.74, 6) is -0.617. The molecule has 4 nitrogen and oxygen atoms in total. The van der Waals surface area contributed by atoms with Crippen LogP contribution >= 0.6 is 0 Å². The number of ether oxygens (including phenoxy) is 1. The number of carbonyl (C=O) groups excluding carboxylic acids is 1. The van der Waals surface area contributed by atoms with E-state index in [0.29, 0.717) is 16.8 Å². The standard InChI is InChI=1S/C15H11FN2O2/c1-20-14-8-12(16)5-6-13(14)18-15(19)11-4-2-3-10(7-11)9-17/h2-8H,1H3,(H,18,19). The largest absolute Gasteiger partial charge is 0.494 e. The summed E-state index contributed by atoms with van der Waals surface area (Å²) in [6.45, 7) is 0. The second-order valence-corrected chi connectivity index (χ2v) is 3.99. The molecule has 0 radical (unpaired) electrons. The van der Waals surface area contributed by atoms with Gasteiger partial charge < -0.3 is 10.1 Å². The smallest absolute Gasteiger partial charge is 0.255 e. The van der Waals surface area contributed by atoms with E-state index in [1.165, 1.54) is 31.4 Å². The molecule has 1 amide bonds. The average Bonchev–Trinajstić information content (AvgIpc) is 2.49. The van der Waals surface area contributed by atoms with Gasteiger partial charge in [-0.15, -0.1) is 0 Å². The summed E-state index contributed by atoms with van der Waals surface area (Å²) in [6.07, 6.45) is 0. The van der Waals surface area contributed by atoms with E-state index in [-0.39, 0.29) is 5.75 Å². The van der Waals surface area contributed by atoms with Gasteiger partial charge in [0.05, 0.1) is 24.4 Å². The molecule has 0 aromatic heterocycles. The van der Waals surface area contributed by atoms with Gasteiger partial charge in [-0.2, -0.15) is 5.26 Å². The molecule has 0 fully saturated rings. The second-order valence-electron chi connectivity index (χ2n) is 3.99. The van der Waals surface area contributed by atoms with Gasteiger partial charge in [0.2, 0.25) is 0 Å². The molecule has 0 atom stereocenters. The lowest BCUT2D eigenvalue weighted by atomic mass is 10.1. The van der Waals surface area contributed by atoms with Crippen molar-refractivity contribution in [2.45, 2.75) is 0 Å². The highest BCUT2D eigenvalue weighted by atomic mass is 19.1. The lowest BCUT2D eigenvalue weighted by molar-refractivity contribution is 0.102. The predicted octanol–water partition coefficient (Wildman–Crippen LogP) is 2.96. The predicted molar refractivity (Wildman–Crippen MR) is 72.1 cm³/mol. The van der Waals surface area contributed by atoms with E-state index in [1.807, 2.05) is 6.07 Å². The molecule has 0 aliphatic carbocycles. The van der Waals surface area contributed by atoms with Gasteiger partial charge in [0.15, 0.2) is 0 Å². The molecule has 2 aromatic rings. The average molecular weight is 270 g/mol. The van der Waals surface area contributed by atoms with E-state index in [1.54, 1.807) is 18.2 Å². The summed E-state index contributed by atoms with van der Waals surface area (Å²) in [6, 6.07) is 12.1. The third-order valence-electron chi connectivity index (χ3n) is 2.67. The molecule has 0 heterocycles. The number of nitriles is 1. The number of carbonyl (C=O) groups is 1. The van der Waals surface area contributed by atoms with Crippen LogP contribution in [0, 0.1) is 17.1 Å².